The highest BCUT2D eigenvalue weighted by Gasteiger charge is 2.44. The highest BCUT2D eigenvalue weighted by Crippen LogP contribution is 2.51. The number of nitrogens with zero attached hydrogens (tertiary/aromatic N) is 3. The first-order valence-electron chi connectivity index (χ1n) is 19.4. The third-order valence-corrected chi connectivity index (χ3v) is 11.8. The number of benzene rings is 8. The third-order valence-electron chi connectivity index (χ3n) is 11.8. The number of ether oxygens (including phenoxy) is 1. The van der Waals surface area contributed by atoms with E-state index < -0.39 is 5.60 Å². The zero-order chi connectivity index (χ0) is 37.7. The number of fused-ring (bicyclic) bond motifs is 10. The van der Waals surface area contributed by atoms with Gasteiger partial charge in [-0.1, -0.05) is 140 Å². The molecule has 5 nitrogen and oxygen atoms in total. The Bertz CT molecular complexity index is 3420. The van der Waals surface area contributed by atoms with Crippen LogP contribution in [-0.4, -0.2) is 20.6 Å². The Morgan fingerprint density at radius 3 is 2.07 bits per heavy atom. The van der Waals surface area contributed by atoms with Crippen molar-refractivity contribution in [1.82, 2.24) is 15.0 Å². The quantitative estimate of drug-likeness (QED) is 0.169. The summed E-state index contributed by atoms with van der Waals surface area (Å²) in [4.78, 5) is 15.5. The molecular weight excluding hydrogens is 699 g/mol. The van der Waals surface area contributed by atoms with Crippen molar-refractivity contribution in [2.45, 2.75) is 18.4 Å². The van der Waals surface area contributed by atoms with Crippen molar-refractivity contribution < 1.29 is 9.15 Å². The molecule has 0 radical (unpaired) electrons. The molecule has 0 spiro atoms. The molecule has 3 heterocycles. The van der Waals surface area contributed by atoms with E-state index in [4.69, 9.17) is 24.1 Å². The van der Waals surface area contributed by atoms with Crippen LogP contribution in [0.25, 0.3) is 101 Å². The lowest BCUT2D eigenvalue weighted by Crippen LogP contribution is -2.41. The van der Waals surface area contributed by atoms with E-state index in [-0.39, 0.29) is 5.92 Å². The molecule has 8 aromatic carbocycles. The van der Waals surface area contributed by atoms with E-state index in [2.05, 4.69) is 140 Å². The summed E-state index contributed by atoms with van der Waals surface area (Å²) in [5.41, 5.74) is 7.30. The van der Waals surface area contributed by atoms with Crippen LogP contribution in [-0.2, 0) is 0 Å². The van der Waals surface area contributed by atoms with Gasteiger partial charge < -0.3 is 9.15 Å². The first kappa shape index (κ1) is 31.9. The zero-order valence-corrected chi connectivity index (χ0v) is 31.0. The number of rotatable bonds is 4. The van der Waals surface area contributed by atoms with Gasteiger partial charge in [0.05, 0.1) is 5.92 Å². The molecule has 2 atom stereocenters. The second-order valence-corrected chi connectivity index (χ2v) is 15.3. The van der Waals surface area contributed by atoms with Crippen molar-refractivity contribution in [2.24, 2.45) is 0 Å². The molecule has 0 saturated carbocycles. The molecule has 0 N–H and O–H groups in total. The average Bonchev–Trinajstić information content (AvgIpc) is 3.79. The van der Waals surface area contributed by atoms with Crippen LogP contribution in [0, 0.1) is 0 Å². The summed E-state index contributed by atoms with van der Waals surface area (Å²) in [6.45, 7) is 2.19. The van der Waals surface area contributed by atoms with Crippen molar-refractivity contribution in [2.75, 3.05) is 0 Å². The van der Waals surface area contributed by atoms with Crippen molar-refractivity contribution in [3.63, 3.8) is 0 Å². The molecule has 10 aromatic rings. The van der Waals surface area contributed by atoms with Gasteiger partial charge in [0.15, 0.2) is 17.5 Å². The summed E-state index contributed by atoms with van der Waals surface area (Å²) in [6.07, 6.45) is 4.65. The van der Waals surface area contributed by atoms with Gasteiger partial charge in [-0.3, -0.25) is 0 Å². The standard InChI is InChI=1S/C52H33N3O2/c1-52-30-37-15-6-5-14-34(37)29-43(52)48-39(17-9-20-46(48)57-52)35-25-26-44-42(27-35)47-40(18-10-19-45(47)56-44)51-54-49(33-12-3-2-4-13-33)53-50(55-51)36-24-23-32-22-21-31-11-7-8-16-38(31)41(32)28-36/h2-30,43H,1H3. The van der Waals surface area contributed by atoms with Gasteiger partial charge in [-0.05, 0) is 86.4 Å². The molecule has 268 valence electrons. The lowest BCUT2D eigenvalue weighted by molar-refractivity contribution is 0.177. The van der Waals surface area contributed by atoms with E-state index >= 15 is 0 Å². The Kier molecular flexibility index (Phi) is 6.76. The Labute approximate surface area is 327 Å². The number of furan rings is 1. The Hall–Kier alpha value is -7.37. The fourth-order valence-corrected chi connectivity index (χ4v) is 9.11. The summed E-state index contributed by atoms with van der Waals surface area (Å²) in [5, 5.41) is 9.14. The molecule has 5 heteroatoms. The molecule has 12 rings (SSSR count). The first-order valence-corrected chi connectivity index (χ1v) is 19.4. The minimum Gasteiger partial charge on any atom is -0.482 e. The predicted octanol–water partition coefficient (Wildman–Crippen LogP) is 11.3. The normalized spacial score (nSPS) is 16.8. The van der Waals surface area contributed by atoms with Crippen molar-refractivity contribution in [3.05, 3.63) is 180 Å². The van der Waals surface area contributed by atoms with Crippen LogP contribution < -0.4 is 15.2 Å². The van der Waals surface area contributed by atoms with Crippen LogP contribution in [0.15, 0.2) is 168 Å². The summed E-state index contributed by atoms with van der Waals surface area (Å²) in [6, 6.07) is 57.0. The average molecular weight is 732 g/mol. The Balaban J connectivity index is 1.05. The first-order chi connectivity index (χ1) is 28.1. The molecule has 2 aliphatic rings. The maximum atomic E-state index is 6.75. The Morgan fingerprint density at radius 2 is 1.18 bits per heavy atom. The topological polar surface area (TPSA) is 61.0 Å². The lowest BCUT2D eigenvalue weighted by Gasteiger charge is -2.28. The van der Waals surface area contributed by atoms with Crippen LogP contribution in [0.1, 0.15) is 18.4 Å². The molecule has 2 aromatic heterocycles. The smallest absolute Gasteiger partial charge is 0.164 e. The molecule has 0 fully saturated rings. The minimum absolute atomic E-state index is 0.0686. The van der Waals surface area contributed by atoms with Crippen LogP contribution in [0.5, 0.6) is 5.75 Å². The van der Waals surface area contributed by atoms with Gasteiger partial charge in [0, 0.05) is 33.0 Å². The maximum Gasteiger partial charge on any atom is 0.164 e. The van der Waals surface area contributed by atoms with Gasteiger partial charge in [-0.2, -0.15) is 0 Å². The van der Waals surface area contributed by atoms with E-state index in [1.54, 1.807) is 0 Å². The van der Waals surface area contributed by atoms with Gasteiger partial charge in [0.1, 0.15) is 22.5 Å². The molecule has 57 heavy (non-hydrogen) atoms. The molecule has 1 aliphatic carbocycles. The summed E-state index contributed by atoms with van der Waals surface area (Å²) in [5.74, 6) is 2.81. The minimum atomic E-state index is -0.475. The van der Waals surface area contributed by atoms with Gasteiger partial charge in [0.25, 0.3) is 0 Å². The molecule has 1 aliphatic heterocycles. The van der Waals surface area contributed by atoms with E-state index in [1.807, 2.05) is 42.5 Å². The van der Waals surface area contributed by atoms with Gasteiger partial charge in [0.2, 0.25) is 0 Å². The fourth-order valence-electron chi connectivity index (χ4n) is 9.11. The summed E-state index contributed by atoms with van der Waals surface area (Å²) < 4.78 is 13.3. The molecule has 0 bridgehead atoms. The van der Waals surface area contributed by atoms with E-state index in [0.717, 1.165) is 60.9 Å². The maximum absolute atomic E-state index is 6.75. The van der Waals surface area contributed by atoms with Crippen molar-refractivity contribution >= 4 is 55.6 Å². The predicted molar refractivity (Wildman–Crippen MR) is 230 cm³/mol. The van der Waals surface area contributed by atoms with E-state index in [1.165, 1.54) is 32.2 Å². The van der Waals surface area contributed by atoms with Crippen LogP contribution in [0.4, 0.5) is 0 Å². The van der Waals surface area contributed by atoms with Gasteiger partial charge in [-0.25, -0.2) is 15.0 Å². The van der Waals surface area contributed by atoms with Gasteiger partial charge >= 0.3 is 0 Å². The second kappa shape index (κ2) is 12.1. The molecule has 2 unspecified atom stereocenters. The largest absolute Gasteiger partial charge is 0.482 e. The fraction of sp³-hybridized carbons (Fsp3) is 0.0577. The highest BCUT2D eigenvalue weighted by molar-refractivity contribution is 6.13. The van der Waals surface area contributed by atoms with Crippen molar-refractivity contribution in [3.8, 4) is 51.0 Å². The van der Waals surface area contributed by atoms with E-state index in [9.17, 15) is 0 Å². The van der Waals surface area contributed by atoms with E-state index in [0.29, 0.717) is 17.5 Å². The number of aromatic nitrogens is 3. The van der Waals surface area contributed by atoms with Crippen molar-refractivity contribution in [1.29, 1.82) is 0 Å². The number of hydrogen-bond donors (Lipinski definition) is 0. The van der Waals surface area contributed by atoms with Crippen LogP contribution >= 0.6 is 0 Å². The summed E-state index contributed by atoms with van der Waals surface area (Å²) in [7, 11) is 0. The zero-order valence-electron chi connectivity index (χ0n) is 31.0. The third kappa shape index (κ3) is 4.99. The molecular formula is C52H33N3O2. The second-order valence-electron chi connectivity index (χ2n) is 15.3. The number of hydrogen-bond acceptors (Lipinski definition) is 5. The van der Waals surface area contributed by atoms with Crippen LogP contribution in [0.2, 0.25) is 0 Å². The van der Waals surface area contributed by atoms with Crippen LogP contribution in [0.3, 0.4) is 0 Å². The molecule has 0 saturated heterocycles. The highest BCUT2D eigenvalue weighted by atomic mass is 16.5. The SMILES string of the molecule is CC12C=c3ccccc3=CC1c1c(cccc1-c1ccc3oc4cccc(-c5nc(-c6ccccc6)nc(-c6ccc7ccc8ccccc8c7c6)n5)c4c3c1)O2. The molecule has 0 amide bonds. The monoisotopic (exact) mass is 731 g/mol. The van der Waals surface area contributed by atoms with Gasteiger partial charge in [-0.15, -0.1) is 0 Å². The summed E-state index contributed by atoms with van der Waals surface area (Å²) >= 11 is 0. The lowest BCUT2D eigenvalue weighted by atomic mass is 9.78. The Morgan fingerprint density at radius 1 is 0.491 bits per heavy atom.